The number of ketones is 1. The van der Waals surface area contributed by atoms with Crippen LogP contribution < -0.4 is 5.73 Å². The van der Waals surface area contributed by atoms with Gasteiger partial charge in [0.05, 0.1) is 22.1 Å². The first kappa shape index (κ1) is 22.5. The molecule has 0 atom stereocenters. The molecule has 1 aromatic carbocycles. The molecular weight excluding hydrogens is 348 g/mol. The van der Waals surface area contributed by atoms with Crippen molar-refractivity contribution in [2.75, 3.05) is 7.05 Å². The molecule has 0 bridgehead atoms. The van der Waals surface area contributed by atoms with Crippen molar-refractivity contribution in [1.29, 1.82) is 0 Å². The maximum Gasteiger partial charge on any atom is 0.309 e. The fourth-order valence-corrected chi connectivity index (χ4v) is 2.43. The predicted molar refractivity (Wildman–Crippen MR) is 101 cm³/mol. The Morgan fingerprint density at radius 2 is 1.48 bits per heavy atom. The Kier molecular flexibility index (Phi) is 7.03. The highest BCUT2D eigenvalue weighted by atomic mass is 16.4. The number of amides is 2. The molecule has 0 aliphatic carbocycles. The van der Waals surface area contributed by atoms with Gasteiger partial charge in [0.15, 0.2) is 5.78 Å². The molecule has 0 spiro atoms. The van der Waals surface area contributed by atoms with E-state index in [0.29, 0.717) is 30.4 Å². The molecule has 7 nitrogen and oxygen atoms in total. The van der Waals surface area contributed by atoms with E-state index in [4.69, 9.17) is 10.8 Å². The van der Waals surface area contributed by atoms with E-state index in [-0.39, 0.29) is 17.6 Å². The van der Waals surface area contributed by atoms with Crippen molar-refractivity contribution >= 4 is 23.6 Å². The van der Waals surface area contributed by atoms with Crippen LogP contribution in [0.2, 0.25) is 0 Å². The Balaban J connectivity index is 0.000000274. The lowest BCUT2D eigenvalue weighted by Crippen LogP contribution is -2.41. The summed E-state index contributed by atoms with van der Waals surface area (Å²) in [5, 5.41) is 8.86. The van der Waals surface area contributed by atoms with Crippen molar-refractivity contribution in [2.45, 2.75) is 52.5 Å². The lowest BCUT2D eigenvalue weighted by molar-refractivity contribution is -0.147. The van der Waals surface area contributed by atoms with E-state index in [9.17, 15) is 19.2 Å². The molecule has 1 aliphatic rings. The third-order valence-corrected chi connectivity index (χ3v) is 4.50. The minimum absolute atomic E-state index is 0.0244. The quantitative estimate of drug-likeness (QED) is 0.737. The summed E-state index contributed by atoms with van der Waals surface area (Å²) < 4.78 is 0. The van der Waals surface area contributed by atoms with Crippen LogP contribution in [-0.2, 0) is 9.59 Å². The summed E-state index contributed by atoms with van der Waals surface area (Å²) >= 11 is 0. The minimum atomic E-state index is -0.832. The topological polar surface area (TPSA) is 118 Å². The normalized spacial score (nSPS) is 13.8. The van der Waals surface area contributed by atoms with E-state index < -0.39 is 16.9 Å². The zero-order valence-corrected chi connectivity index (χ0v) is 16.5. The third kappa shape index (κ3) is 5.72. The van der Waals surface area contributed by atoms with Crippen LogP contribution in [0.15, 0.2) is 24.3 Å². The van der Waals surface area contributed by atoms with Gasteiger partial charge >= 0.3 is 5.97 Å². The first-order valence-corrected chi connectivity index (χ1v) is 8.76. The van der Waals surface area contributed by atoms with Crippen molar-refractivity contribution in [3.63, 3.8) is 0 Å². The molecule has 3 N–H and O–H groups in total. The summed E-state index contributed by atoms with van der Waals surface area (Å²) in [6.45, 7) is 6.65. The Hall–Kier alpha value is -2.54. The average molecular weight is 376 g/mol. The summed E-state index contributed by atoms with van der Waals surface area (Å²) in [6.07, 6.45) is 1.41. The van der Waals surface area contributed by atoms with Crippen LogP contribution in [0.3, 0.4) is 0 Å². The predicted octanol–water partition coefficient (Wildman–Crippen LogP) is 2.49. The lowest BCUT2D eigenvalue weighted by Gasteiger charge is -2.20. The van der Waals surface area contributed by atoms with Gasteiger partial charge in [-0.15, -0.1) is 0 Å². The highest BCUT2D eigenvalue weighted by molar-refractivity contribution is 6.21. The molecule has 0 aromatic heterocycles. The van der Waals surface area contributed by atoms with Crippen molar-refractivity contribution in [1.82, 2.24) is 4.90 Å². The van der Waals surface area contributed by atoms with Gasteiger partial charge < -0.3 is 10.8 Å². The van der Waals surface area contributed by atoms with Crippen LogP contribution in [0.25, 0.3) is 0 Å². The fraction of sp³-hybridized carbons (Fsp3) is 0.500. The van der Waals surface area contributed by atoms with Gasteiger partial charge in [-0.3, -0.25) is 24.1 Å². The van der Waals surface area contributed by atoms with E-state index in [1.165, 1.54) is 7.05 Å². The molecular formula is C20H28N2O5. The summed E-state index contributed by atoms with van der Waals surface area (Å²) in [4.78, 5) is 46.0. The molecule has 1 aliphatic heterocycles. The molecule has 27 heavy (non-hydrogen) atoms. The van der Waals surface area contributed by atoms with Gasteiger partial charge in [-0.1, -0.05) is 12.1 Å². The van der Waals surface area contributed by atoms with Gasteiger partial charge in [0.1, 0.15) is 0 Å². The first-order valence-electron chi connectivity index (χ1n) is 8.76. The van der Waals surface area contributed by atoms with Gasteiger partial charge in [-0.05, 0) is 52.7 Å². The molecule has 0 unspecified atom stereocenters. The van der Waals surface area contributed by atoms with Crippen LogP contribution in [-0.4, -0.2) is 46.2 Å². The minimum Gasteiger partial charge on any atom is -0.481 e. The number of fused-ring (bicyclic) bond motifs is 1. The molecule has 0 radical (unpaired) electrons. The van der Waals surface area contributed by atoms with Crippen LogP contribution in [0.1, 0.15) is 67.7 Å². The van der Waals surface area contributed by atoms with E-state index in [1.54, 1.807) is 52.0 Å². The maximum atomic E-state index is 11.4. The smallest absolute Gasteiger partial charge is 0.309 e. The number of carbonyl (C=O) groups excluding carboxylic acids is 3. The van der Waals surface area contributed by atoms with Gasteiger partial charge in [0.2, 0.25) is 0 Å². The second-order valence-electron chi connectivity index (χ2n) is 7.90. The highest BCUT2D eigenvalue weighted by Crippen LogP contribution is 2.24. The van der Waals surface area contributed by atoms with E-state index in [1.807, 2.05) is 0 Å². The average Bonchev–Trinajstić information content (AvgIpc) is 2.79. The number of rotatable bonds is 6. The third-order valence-electron chi connectivity index (χ3n) is 4.50. The molecule has 0 fully saturated rings. The van der Waals surface area contributed by atoms with Crippen molar-refractivity contribution in [3.8, 4) is 0 Å². The molecule has 0 saturated carbocycles. The zero-order valence-electron chi connectivity index (χ0n) is 16.5. The van der Waals surface area contributed by atoms with E-state index in [2.05, 4.69) is 0 Å². The monoisotopic (exact) mass is 376 g/mol. The number of hydrogen-bond donors (Lipinski definition) is 2. The van der Waals surface area contributed by atoms with Crippen molar-refractivity contribution in [2.24, 2.45) is 11.1 Å². The lowest BCUT2D eigenvalue weighted by atomic mass is 9.85. The number of Topliss-reactive ketones (excluding diaryl/α,β-unsaturated/α-hetero) is 1. The Bertz CT molecular complexity index is 712. The second kappa shape index (κ2) is 8.43. The van der Waals surface area contributed by atoms with Gasteiger partial charge in [-0.2, -0.15) is 0 Å². The van der Waals surface area contributed by atoms with Crippen LogP contribution >= 0.6 is 0 Å². The summed E-state index contributed by atoms with van der Waals surface area (Å²) in [6, 6.07) is 6.84. The first-order chi connectivity index (χ1) is 12.3. The summed E-state index contributed by atoms with van der Waals surface area (Å²) in [7, 11) is 1.49. The van der Waals surface area contributed by atoms with Crippen LogP contribution in [0, 0.1) is 5.41 Å². The van der Waals surface area contributed by atoms with Gasteiger partial charge in [0.25, 0.3) is 11.8 Å². The van der Waals surface area contributed by atoms with Crippen molar-refractivity contribution in [3.05, 3.63) is 35.4 Å². The van der Waals surface area contributed by atoms with Crippen molar-refractivity contribution < 1.29 is 24.3 Å². The Labute approximate surface area is 159 Å². The molecule has 7 heteroatoms. The number of imide groups is 1. The zero-order chi connectivity index (χ0) is 21.0. The summed E-state index contributed by atoms with van der Waals surface area (Å²) in [5.41, 5.74) is 5.06. The van der Waals surface area contributed by atoms with Crippen LogP contribution in [0.5, 0.6) is 0 Å². The Morgan fingerprint density at radius 3 is 1.85 bits per heavy atom. The highest BCUT2D eigenvalue weighted by Gasteiger charge is 2.31. The number of nitrogens with zero attached hydrogens (tertiary/aromatic N) is 1. The molecule has 2 amide bonds. The standard InChI is InChI=1S/C11H21NO3.C9H7NO2/c1-10(2,9(14)15)7-5-6-8(13)11(3,4)12;1-10-8(11)6-4-2-3-5-7(6)9(10)12/h5-7,12H2,1-4H3,(H,14,15);2-5H,1H3. The Morgan fingerprint density at radius 1 is 1.04 bits per heavy atom. The maximum absolute atomic E-state index is 11.4. The largest absolute Gasteiger partial charge is 0.481 e. The van der Waals surface area contributed by atoms with E-state index in [0.717, 1.165) is 4.90 Å². The number of carboxylic acid groups (broad SMARTS) is 1. The van der Waals surface area contributed by atoms with Gasteiger partial charge in [0, 0.05) is 13.5 Å². The second-order valence-corrected chi connectivity index (χ2v) is 7.90. The molecule has 1 heterocycles. The fourth-order valence-electron chi connectivity index (χ4n) is 2.43. The van der Waals surface area contributed by atoms with E-state index >= 15 is 0 Å². The molecule has 1 aromatic rings. The van der Waals surface area contributed by atoms with Gasteiger partial charge in [-0.25, -0.2) is 0 Å². The molecule has 0 saturated heterocycles. The van der Waals surface area contributed by atoms with Crippen LogP contribution in [0.4, 0.5) is 0 Å². The SMILES string of the molecule is CC(C)(N)C(=O)CCCC(C)(C)C(=O)O.CN1C(=O)c2ccccc2C1=O. The number of hydrogen-bond acceptors (Lipinski definition) is 5. The number of aliphatic carboxylic acids is 1. The summed E-state index contributed by atoms with van der Waals surface area (Å²) in [5.74, 6) is -1.28. The number of carbonyl (C=O) groups is 4. The number of carboxylic acids is 1. The molecule has 148 valence electrons. The number of nitrogens with two attached hydrogens (primary N) is 1. The number of benzene rings is 1. The molecule has 2 rings (SSSR count).